The molecular formula is C23H23NO5. The number of cyclic esters (lactones) is 2. The lowest BCUT2D eigenvalue weighted by Crippen LogP contribution is -2.48. The zero-order valence-electron chi connectivity index (χ0n) is 16.6. The summed E-state index contributed by atoms with van der Waals surface area (Å²) < 4.78 is 16.7. The molecule has 2 aromatic carbocycles. The molecule has 0 aliphatic carbocycles. The molecule has 1 saturated heterocycles. The number of esters is 2. The second-order valence-corrected chi connectivity index (χ2v) is 7.46. The number of fused-ring (bicyclic) bond motifs is 1. The van der Waals surface area contributed by atoms with Crippen molar-refractivity contribution < 1.29 is 23.8 Å². The topological polar surface area (TPSA) is 77.6 Å². The number of H-pyrrole nitrogens is 1. The maximum absolute atomic E-state index is 13.0. The summed E-state index contributed by atoms with van der Waals surface area (Å²) in [7, 11) is 0. The van der Waals surface area contributed by atoms with Gasteiger partial charge in [-0.25, -0.2) is 0 Å². The molecule has 1 aromatic heterocycles. The van der Waals surface area contributed by atoms with Gasteiger partial charge in [0.05, 0.1) is 6.61 Å². The first-order chi connectivity index (χ1) is 13.9. The normalized spacial score (nSPS) is 17.6. The first-order valence-corrected chi connectivity index (χ1v) is 9.64. The number of para-hydroxylation sites is 2. The van der Waals surface area contributed by atoms with Crippen LogP contribution >= 0.6 is 0 Å². The van der Waals surface area contributed by atoms with Gasteiger partial charge in [0.1, 0.15) is 5.75 Å². The smallest absolute Gasteiger partial charge is 0.324 e. The van der Waals surface area contributed by atoms with Gasteiger partial charge in [0.25, 0.3) is 5.79 Å². The molecule has 29 heavy (non-hydrogen) atoms. The molecule has 1 aliphatic heterocycles. The Kier molecular flexibility index (Phi) is 4.78. The Labute approximate surface area is 168 Å². The maximum Gasteiger partial charge on any atom is 0.324 e. The Balaban J connectivity index is 1.91. The van der Waals surface area contributed by atoms with Crippen molar-refractivity contribution in [3.63, 3.8) is 0 Å². The van der Waals surface area contributed by atoms with Crippen molar-refractivity contribution in [2.75, 3.05) is 6.61 Å². The van der Waals surface area contributed by atoms with Crippen LogP contribution in [0.3, 0.4) is 0 Å². The lowest BCUT2D eigenvalue weighted by atomic mass is 9.79. The highest BCUT2D eigenvalue weighted by atomic mass is 16.7. The highest BCUT2D eigenvalue weighted by molar-refractivity contribution is 5.99. The lowest BCUT2D eigenvalue weighted by Gasteiger charge is -2.36. The minimum atomic E-state index is -1.28. The zero-order valence-corrected chi connectivity index (χ0v) is 16.6. The van der Waals surface area contributed by atoms with Crippen LogP contribution in [-0.2, 0) is 19.1 Å². The fourth-order valence-corrected chi connectivity index (χ4v) is 3.90. The summed E-state index contributed by atoms with van der Waals surface area (Å²) in [5.74, 6) is -3.63. The molecule has 4 rings (SSSR count). The van der Waals surface area contributed by atoms with Crippen LogP contribution < -0.4 is 4.74 Å². The SMILES string of the molecule is CCOc1ccccc1[C@H](c1c[nH]c2ccccc12)C1C(=O)OC(C)(C)OC1=O. The van der Waals surface area contributed by atoms with Crippen molar-refractivity contribution in [1.29, 1.82) is 0 Å². The van der Waals surface area contributed by atoms with Gasteiger partial charge in [-0.1, -0.05) is 36.4 Å². The molecule has 1 atom stereocenters. The molecule has 2 heterocycles. The average Bonchev–Trinajstić information content (AvgIpc) is 3.09. The fourth-order valence-electron chi connectivity index (χ4n) is 3.90. The van der Waals surface area contributed by atoms with E-state index in [-0.39, 0.29) is 0 Å². The Bertz CT molecular complexity index is 1050. The van der Waals surface area contributed by atoms with E-state index < -0.39 is 29.6 Å². The minimum absolute atomic E-state index is 0.463. The van der Waals surface area contributed by atoms with Crippen LogP contribution in [0.15, 0.2) is 54.7 Å². The number of rotatable bonds is 5. The second kappa shape index (κ2) is 7.28. The summed E-state index contributed by atoms with van der Waals surface area (Å²) in [6, 6.07) is 15.2. The van der Waals surface area contributed by atoms with Crippen molar-refractivity contribution in [2.45, 2.75) is 32.5 Å². The molecule has 150 valence electrons. The highest BCUT2D eigenvalue weighted by Gasteiger charge is 2.49. The van der Waals surface area contributed by atoms with Crippen LogP contribution in [0.4, 0.5) is 0 Å². The number of hydrogen-bond donors (Lipinski definition) is 1. The van der Waals surface area contributed by atoms with Gasteiger partial charge in [0.15, 0.2) is 5.92 Å². The number of carbonyl (C=O) groups excluding carboxylic acids is 2. The molecule has 0 amide bonds. The van der Waals surface area contributed by atoms with Crippen LogP contribution in [0.5, 0.6) is 5.75 Å². The van der Waals surface area contributed by atoms with Crippen LogP contribution in [0.1, 0.15) is 37.8 Å². The summed E-state index contributed by atoms with van der Waals surface area (Å²) in [6.45, 7) is 5.45. The van der Waals surface area contributed by atoms with Gasteiger partial charge in [-0.05, 0) is 24.6 Å². The monoisotopic (exact) mass is 393 g/mol. The summed E-state index contributed by atoms with van der Waals surface area (Å²) in [5.41, 5.74) is 2.46. The molecule has 0 unspecified atom stereocenters. The molecule has 1 fully saturated rings. The molecule has 0 saturated carbocycles. The average molecular weight is 393 g/mol. The molecule has 3 aromatic rings. The summed E-state index contributed by atoms with van der Waals surface area (Å²) in [6.07, 6.45) is 1.83. The van der Waals surface area contributed by atoms with Gasteiger partial charge in [-0.3, -0.25) is 9.59 Å². The minimum Gasteiger partial charge on any atom is -0.494 e. The zero-order chi connectivity index (χ0) is 20.6. The van der Waals surface area contributed by atoms with E-state index in [0.29, 0.717) is 12.4 Å². The van der Waals surface area contributed by atoms with Gasteiger partial charge in [0, 0.05) is 42.4 Å². The predicted octanol–water partition coefficient (Wildman–Crippen LogP) is 4.15. The van der Waals surface area contributed by atoms with Crippen LogP contribution in [0.2, 0.25) is 0 Å². The Hall–Kier alpha value is -3.28. The quantitative estimate of drug-likeness (QED) is 0.520. The third-order valence-electron chi connectivity index (χ3n) is 5.04. The van der Waals surface area contributed by atoms with Gasteiger partial charge in [0.2, 0.25) is 0 Å². The molecule has 1 N–H and O–H groups in total. The molecule has 6 heteroatoms. The number of aromatic amines is 1. The first-order valence-electron chi connectivity index (χ1n) is 9.64. The van der Waals surface area contributed by atoms with E-state index in [1.54, 1.807) is 13.8 Å². The molecule has 6 nitrogen and oxygen atoms in total. The van der Waals surface area contributed by atoms with E-state index in [4.69, 9.17) is 14.2 Å². The van der Waals surface area contributed by atoms with Gasteiger partial charge >= 0.3 is 11.9 Å². The Morgan fingerprint density at radius 3 is 2.38 bits per heavy atom. The Morgan fingerprint density at radius 1 is 1.00 bits per heavy atom. The van der Waals surface area contributed by atoms with Crippen LogP contribution in [0, 0.1) is 5.92 Å². The first kappa shape index (κ1) is 19.1. The number of nitrogens with one attached hydrogen (secondary N) is 1. The standard InChI is InChI=1S/C23H23NO5/c1-4-27-18-12-8-6-10-15(18)19(16-13-24-17-11-7-5-9-14(16)17)20-21(25)28-23(2,3)29-22(20)26/h5-13,19-20,24H,4H2,1-3H3/t19-/m1/s1. The number of aromatic nitrogens is 1. The van der Waals surface area contributed by atoms with E-state index in [0.717, 1.165) is 22.0 Å². The molecular weight excluding hydrogens is 370 g/mol. The molecule has 0 bridgehead atoms. The highest BCUT2D eigenvalue weighted by Crippen LogP contribution is 2.43. The second-order valence-electron chi connectivity index (χ2n) is 7.46. The molecule has 0 radical (unpaired) electrons. The molecule has 1 aliphatic rings. The van der Waals surface area contributed by atoms with Crippen molar-refractivity contribution in [3.05, 3.63) is 65.9 Å². The van der Waals surface area contributed by atoms with E-state index in [2.05, 4.69) is 4.98 Å². The van der Waals surface area contributed by atoms with Gasteiger partial charge in [-0.2, -0.15) is 0 Å². The van der Waals surface area contributed by atoms with E-state index in [1.807, 2.05) is 61.7 Å². The Morgan fingerprint density at radius 2 is 1.66 bits per heavy atom. The van der Waals surface area contributed by atoms with E-state index in [1.165, 1.54) is 0 Å². The number of benzene rings is 2. The third kappa shape index (κ3) is 3.46. The predicted molar refractivity (Wildman–Crippen MR) is 108 cm³/mol. The maximum atomic E-state index is 13.0. The summed E-state index contributed by atoms with van der Waals surface area (Å²) >= 11 is 0. The van der Waals surface area contributed by atoms with E-state index >= 15 is 0 Å². The fraction of sp³-hybridized carbons (Fsp3) is 0.304. The summed E-state index contributed by atoms with van der Waals surface area (Å²) in [5, 5.41) is 0.925. The number of hydrogen-bond acceptors (Lipinski definition) is 5. The van der Waals surface area contributed by atoms with E-state index in [9.17, 15) is 9.59 Å². The third-order valence-corrected chi connectivity index (χ3v) is 5.04. The number of carbonyl (C=O) groups is 2. The number of ether oxygens (including phenoxy) is 3. The largest absolute Gasteiger partial charge is 0.494 e. The lowest BCUT2D eigenvalue weighted by molar-refractivity contribution is -0.240. The molecule has 0 spiro atoms. The van der Waals surface area contributed by atoms with Gasteiger partial charge in [-0.15, -0.1) is 0 Å². The summed E-state index contributed by atoms with van der Waals surface area (Å²) in [4.78, 5) is 29.2. The van der Waals surface area contributed by atoms with Crippen molar-refractivity contribution in [3.8, 4) is 5.75 Å². The van der Waals surface area contributed by atoms with Crippen LogP contribution in [-0.4, -0.2) is 29.3 Å². The van der Waals surface area contributed by atoms with Crippen molar-refractivity contribution in [2.24, 2.45) is 5.92 Å². The van der Waals surface area contributed by atoms with Crippen molar-refractivity contribution >= 4 is 22.8 Å². The van der Waals surface area contributed by atoms with Crippen LogP contribution in [0.25, 0.3) is 10.9 Å². The van der Waals surface area contributed by atoms with Gasteiger partial charge < -0.3 is 19.2 Å². The van der Waals surface area contributed by atoms with Crippen molar-refractivity contribution in [1.82, 2.24) is 4.98 Å².